The molecule has 0 aromatic heterocycles. The van der Waals surface area contributed by atoms with E-state index < -0.39 is 111 Å². The van der Waals surface area contributed by atoms with Crippen molar-refractivity contribution in [3.63, 3.8) is 0 Å². The number of aliphatic hydroxyl groups is 9. The Labute approximate surface area is 211 Å². The lowest BCUT2D eigenvalue weighted by atomic mass is 9.83. The highest BCUT2D eigenvalue weighted by Crippen LogP contribution is 2.48. The minimum Gasteiger partial charge on any atom is -0.472 e. The summed E-state index contributed by atoms with van der Waals surface area (Å²) in [6.07, 6.45) is -16.8. The van der Waals surface area contributed by atoms with Crippen LogP contribution in [0, 0.1) is 17.8 Å². The first-order valence-electron chi connectivity index (χ1n) is 12.0. The van der Waals surface area contributed by atoms with Gasteiger partial charge in [0.2, 0.25) is 12.6 Å². The molecule has 0 aromatic carbocycles. The molecule has 3 heterocycles. The van der Waals surface area contributed by atoms with Crippen molar-refractivity contribution >= 4 is 5.97 Å². The highest BCUT2D eigenvalue weighted by Gasteiger charge is 2.54. The summed E-state index contributed by atoms with van der Waals surface area (Å²) in [7, 11) is 0. The third-order valence-electron chi connectivity index (χ3n) is 7.64. The Kier molecular flexibility index (Phi) is 8.74. The van der Waals surface area contributed by atoms with E-state index in [-0.39, 0.29) is 12.0 Å². The van der Waals surface area contributed by atoms with Crippen LogP contribution >= 0.6 is 0 Å². The first-order chi connectivity index (χ1) is 17.5. The minimum absolute atomic E-state index is 0.0426. The molecule has 15 nitrogen and oxygen atoms in total. The molecule has 3 fully saturated rings. The van der Waals surface area contributed by atoms with E-state index in [2.05, 4.69) is 0 Å². The van der Waals surface area contributed by atoms with Crippen molar-refractivity contribution < 1.29 is 74.4 Å². The molecule has 0 amide bonds. The van der Waals surface area contributed by atoms with Crippen molar-refractivity contribution in [1.29, 1.82) is 0 Å². The van der Waals surface area contributed by atoms with Crippen molar-refractivity contribution in [1.82, 2.24) is 0 Å². The van der Waals surface area contributed by atoms with Gasteiger partial charge in [0.25, 0.3) is 0 Å². The molecule has 15 heteroatoms. The lowest BCUT2D eigenvalue weighted by Gasteiger charge is -2.43. The van der Waals surface area contributed by atoms with Crippen LogP contribution in [0.2, 0.25) is 0 Å². The molecule has 0 aromatic rings. The van der Waals surface area contributed by atoms with Crippen molar-refractivity contribution in [2.45, 2.75) is 87.2 Å². The van der Waals surface area contributed by atoms with E-state index in [0.29, 0.717) is 0 Å². The average Bonchev–Trinajstić information content (AvgIpc) is 3.18. The van der Waals surface area contributed by atoms with Gasteiger partial charge in [0, 0.05) is 11.8 Å². The number of carbonyl (C=O) groups is 1. The Morgan fingerprint density at radius 2 is 1.38 bits per heavy atom. The largest absolute Gasteiger partial charge is 0.472 e. The summed E-state index contributed by atoms with van der Waals surface area (Å²) in [4.78, 5) is 13.0. The van der Waals surface area contributed by atoms with Crippen LogP contribution in [0.3, 0.4) is 0 Å². The molecule has 9 N–H and O–H groups in total. The van der Waals surface area contributed by atoms with Crippen LogP contribution in [0.15, 0.2) is 11.8 Å². The van der Waals surface area contributed by atoms with Crippen molar-refractivity contribution in [2.24, 2.45) is 17.8 Å². The number of aliphatic hydroxyl groups excluding tert-OH is 9. The third-order valence-corrected chi connectivity index (χ3v) is 7.64. The van der Waals surface area contributed by atoms with Crippen LogP contribution in [0.5, 0.6) is 0 Å². The second-order valence-electron chi connectivity index (χ2n) is 9.86. The monoisotopic (exact) mass is 538 g/mol. The molecule has 37 heavy (non-hydrogen) atoms. The fourth-order valence-corrected chi connectivity index (χ4v) is 5.32. The normalized spacial score (nSPS) is 50.1. The van der Waals surface area contributed by atoms with Crippen LogP contribution < -0.4 is 0 Å². The molecule has 0 radical (unpaired) electrons. The van der Waals surface area contributed by atoms with E-state index in [1.807, 2.05) is 0 Å². The van der Waals surface area contributed by atoms with Gasteiger partial charge in [-0.1, -0.05) is 6.92 Å². The molecular weight excluding hydrogens is 504 g/mol. The SMILES string of the molecule is C[C@@H]1[C@H]2[C@H](O[C@@H]3O[C@H](CO)[C@@H](O)[C@H](O)[C@H]3O)OC=C(C(=O)O[C@@H]3O[C@H](CO)[C@@H](O)[C@H](O)[C@H]3O)[C@H]2C[C@@H]1O. The van der Waals surface area contributed by atoms with Gasteiger partial charge in [-0.2, -0.15) is 0 Å². The molecule has 2 saturated heterocycles. The van der Waals surface area contributed by atoms with Crippen molar-refractivity contribution in [2.75, 3.05) is 13.2 Å². The average molecular weight is 538 g/mol. The Hall–Kier alpha value is -1.47. The second-order valence-corrected chi connectivity index (χ2v) is 9.86. The van der Waals surface area contributed by atoms with Crippen LogP contribution in [-0.2, 0) is 28.5 Å². The molecule has 212 valence electrons. The number of hydrogen-bond donors (Lipinski definition) is 9. The molecule has 0 bridgehead atoms. The highest BCUT2D eigenvalue weighted by atomic mass is 16.8. The molecule has 3 aliphatic heterocycles. The van der Waals surface area contributed by atoms with Gasteiger partial charge in [-0.15, -0.1) is 0 Å². The van der Waals surface area contributed by atoms with E-state index in [1.54, 1.807) is 6.92 Å². The molecule has 1 saturated carbocycles. The molecule has 0 spiro atoms. The summed E-state index contributed by atoms with van der Waals surface area (Å²) in [5.41, 5.74) is -0.0426. The first kappa shape index (κ1) is 28.5. The van der Waals surface area contributed by atoms with Gasteiger partial charge in [-0.25, -0.2) is 4.79 Å². The first-order valence-corrected chi connectivity index (χ1v) is 12.0. The van der Waals surface area contributed by atoms with Gasteiger partial charge in [0.1, 0.15) is 48.8 Å². The molecule has 0 unspecified atom stereocenters. The molecular formula is C22H34O15. The van der Waals surface area contributed by atoms with Gasteiger partial charge >= 0.3 is 5.97 Å². The van der Waals surface area contributed by atoms with Gasteiger partial charge in [-0.3, -0.25) is 0 Å². The minimum atomic E-state index is -1.81. The van der Waals surface area contributed by atoms with E-state index in [9.17, 15) is 50.8 Å². The van der Waals surface area contributed by atoms with Gasteiger partial charge in [-0.05, 0) is 12.3 Å². The zero-order valence-electron chi connectivity index (χ0n) is 19.8. The van der Waals surface area contributed by atoms with Crippen LogP contribution in [0.1, 0.15) is 13.3 Å². The maximum Gasteiger partial charge on any atom is 0.339 e. The Morgan fingerprint density at radius 3 is 1.95 bits per heavy atom. The maximum atomic E-state index is 13.0. The van der Waals surface area contributed by atoms with Gasteiger partial charge < -0.3 is 69.6 Å². The number of rotatable bonds is 6. The number of carbonyl (C=O) groups excluding carboxylic acids is 1. The van der Waals surface area contributed by atoms with Gasteiger partial charge in [0.05, 0.1) is 31.2 Å². The second kappa shape index (κ2) is 11.3. The van der Waals surface area contributed by atoms with E-state index in [0.717, 1.165) is 6.26 Å². The van der Waals surface area contributed by atoms with Crippen LogP contribution in [0.25, 0.3) is 0 Å². The van der Waals surface area contributed by atoms with E-state index >= 15 is 0 Å². The molecule has 4 aliphatic rings. The fraction of sp³-hybridized carbons (Fsp3) is 0.864. The van der Waals surface area contributed by atoms with Gasteiger partial charge in [0.15, 0.2) is 6.29 Å². The number of ether oxygens (including phenoxy) is 5. The summed E-state index contributed by atoms with van der Waals surface area (Å²) in [5.74, 6) is -2.86. The van der Waals surface area contributed by atoms with E-state index in [1.165, 1.54) is 0 Å². The lowest BCUT2D eigenvalue weighted by molar-refractivity contribution is -0.342. The zero-order valence-corrected chi connectivity index (χ0v) is 19.8. The third kappa shape index (κ3) is 5.24. The standard InChI is InChI=1S/C22H34O15/c1-6-9(25)2-7-8(19(32)36-21-17(30)15(28)13(26)10(3-23)34-21)5-33-20(12(6)7)37-22-18(31)16(29)14(27)11(4-24)35-22/h5-7,9-18,20-31H,2-4H2,1H3/t6-,7+,9-,10+,11+,12+,13+,14+,15-,16-,17+,18+,20-,21-,22-/m0/s1. The van der Waals surface area contributed by atoms with Crippen molar-refractivity contribution in [3.05, 3.63) is 11.8 Å². The van der Waals surface area contributed by atoms with Crippen LogP contribution in [-0.4, -0.2) is 139 Å². The number of esters is 1. The predicted molar refractivity (Wildman–Crippen MR) is 114 cm³/mol. The summed E-state index contributed by atoms with van der Waals surface area (Å²) < 4.78 is 27.1. The Morgan fingerprint density at radius 1 is 0.838 bits per heavy atom. The maximum absolute atomic E-state index is 13.0. The quantitative estimate of drug-likeness (QED) is 0.144. The molecule has 4 rings (SSSR count). The van der Waals surface area contributed by atoms with E-state index in [4.69, 9.17) is 23.7 Å². The molecule has 1 aliphatic carbocycles. The summed E-state index contributed by atoms with van der Waals surface area (Å²) in [6.45, 7) is 0.315. The molecule has 15 atom stereocenters. The van der Waals surface area contributed by atoms with Crippen molar-refractivity contribution in [3.8, 4) is 0 Å². The Bertz CT molecular complexity index is 835. The summed E-state index contributed by atoms with van der Waals surface area (Å²) in [5, 5.41) is 89.6. The fourth-order valence-electron chi connectivity index (χ4n) is 5.32. The Balaban J connectivity index is 1.50. The lowest BCUT2D eigenvalue weighted by Crippen LogP contribution is -2.60. The number of fused-ring (bicyclic) bond motifs is 1. The highest BCUT2D eigenvalue weighted by molar-refractivity contribution is 5.89. The predicted octanol–water partition coefficient (Wildman–Crippen LogP) is -4.98. The smallest absolute Gasteiger partial charge is 0.339 e. The number of hydrogen-bond acceptors (Lipinski definition) is 15. The summed E-state index contributed by atoms with van der Waals surface area (Å²) >= 11 is 0. The zero-order chi connectivity index (χ0) is 27.2. The topological polar surface area (TPSA) is 245 Å². The van der Waals surface area contributed by atoms with Crippen LogP contribution in [0.4, 0.5) is 0 Å². The summed E-state index contributed by atoms with van der Waals surface area (Å²) in [6, 6.07) is 0.